The standard InChI is InChI=1S/C28H30F4N4O6/c29-18-1-8-24-17(13-18)14-25(42-24)27(38)35-11-9-34(10-12-35)26(37)16-41-21-5-2-19(3-6-21)33-20-4-7-23(36(39)40)22(15-20)28(30,31)32/h1,4,7-8,13,15,19,21,25,33H,2-3,5-6,9-12,14,16H2/t19-,21-,25?. The van der Waals surface area contributed by atoms with Gasteiger partial charge in [0.05, 0.1) is 11.0 Å². The third kappa shape index (κ3) is 6.75. The molecule has 0 aromatic heterocycles. The van der Waals surface area contributed by atoms with E-state index in [1.807, 2.05) is 0 Å². The number of nitro groups is 1. The maximum atomic E-state index is 13.5. The molecule has 0 radical (unpaired) electrons. The molecule has 42 heavy (non-hydrogen) atoms. The molecule has 1 saturated carbocycles. The molecular weight excluding hydrogens is 564 g/mol. The van der Waals surface area contributed by atoms with E-state index in [1.165, 1.54) is 24.3 Å². The van der Waals surface area contributed by atoms with Crippen molar-refractivity contribution in [3.63, 3.8) is 0 Å². The summed E-state index contributed by atoms with van der Waals surface area (Å²) in [6, 6.07) is 6.92. The number of nitrogens with zero attached hydrogens (tertiary/aromatic N) is 3. The maximum Gasteiger partial charge on any atom is 0.423 e. The summed E-state index contributed by atoms with van der Waals surface area (Å²) < 4.78 is 64.8. The molecule has 1 atom stereocenters. The Bertz CT molecular complexity index is 1340. The molecule has 5 rings (SSSR count). The Kier molecular flexibility index (Phi) is 8.53. The van der Waals surface area contributed by atoms with Crippen LogP contribution in [0.3, 0.4) is 0 Å². The van der Waals surface area contributed by atoms with E-state index in [9.17, 15) is 37.3 Å². The van der Waals surface area contributed by atoms with Gasteiger partial charge in [-0.2, -0.15) is 13.2 Å². The zero-order valence-electron chi connectivity index (χ0n) is 22.6. The van der Waals surface area contributed by atoms with Gasteiger partial charge < -0.3 is 24.6 Å². The van der Waals surface area contributed by atoms with Crippen molar-refractivity contribution >= 4 is 23.2 Å². The molecule has 1 saturated heterocycles. The molecule has 2 amide bonds. The minimum Gasteiger partial charge on any atom is -0.480 e. The molecule has 14 heteroatoms. The van der Waals surface area contributed by atoms with Crippen molar-refractivity contribution < 1.29 is 41.5 Å². The molecule has 2 heterocycles. The van der Waals surface area contributed by atoms with Crippen LogP contribution in [0.4, 0.5) is 28.9 Å². The lowest BCUT2D eigenvalue weighted by molar-refractivity contribution is -0.388. The predicted molar refractivity (Wildman–Crippen MR) is 141 cm³/mol. The summed E-state index contributed by atoms with van der Waals surface area (Å²) in [6.07, 6.45) is -3.04. The Hall–Kier alpha value is -3.94. The number of carbonyl (C=O) groups excluding carboxylic acids is 2. The highest BCUT2D eigenvalue weighted by molar-refractivity contribution is 5.83. The van der Waals surface area contributed by atoms with Gasteiger partial charge >= 0.3 is 6.18 Å². The second kappa shape index (κ2) is 12.1. The molecular formula is C28H30F4N4O6. The quantitative estimate of drug-likeness (QED) is 0.291. The number of hydrogen-bond acceptors (Lipinski definition) is 7. The number of amides is 2. The Morgan fingerprint density at radius 2 is 1.71 bits per heavy atom. The molecule has 1 aliphatic carbocycles. The van der Waals surface area contributed by atoms with Crippen molar-refractivity contribution in [2.24, 2.45) is 0 Å². The van der Waals surface area contributed by atoms with Crippen molar-refractivity contribution in [3.05, 3.63) is 63.5 Å². The molecule has 226 valence electrons. The van der Waals surface area contributed by atoms with Crippen LogP contribution in [0.1, 0.15) is 36.8 Å². The fourth-order valence-electron chi connectivity index (χ4n) is 5.64. The minimum atomic E-state index is -4.85. The molecule has 0 spiro atoms. The van der Waals surface area contributed by atoms with Crippen LogP contribution in [0, 0.1) is 15.9 Å². The number of rotatable bonds is 7. The third-order valence-electron chi connectivity index (χ3n) is 7.90. The van der Waals surface area contributed by atoms with Gasteiger partial charge in [0.2, 0.25) is 5.91 Å². The van der Waals surface area contributed by atoms with Crippen LogP contribution in [0.15, 0.2) is 36.4 Å². The van der Waals surface area contributed by atoms with Gasteiger partial charge in [-0.15, -0.1) is 0 Å². The Morgan fingerprint density at radius 3 is 2.38 bits per heavy atom. The van der Waals surface area contributed by atoms with Crippen molar-refractivity contribution in [3.8, 4) is 5.75 Å². The highest BCUT2D eigenvalue weighted by Crippen LogP contribution is 2.38. The van der Waals surface area contributed by atoms with Crippen LogP contribution in [0.25, 0.3) is 0 Å². The average molecular weight is 595 g/mol. The topological polar surface area (TPSA) is 114 Å². The lowest BCUT2D eigenvalue weighted by Crippen LogP contribution is -2.54. The Morgan fingerprint density at radius 1 is 1.02 bits per heavy atom. The van der Waals surface area contributed by atoms with E-state index in [1.54, 1.807) is 9.80 Å². The van der Waals surface area contributed by atoms with Crippen LogP contribution >= 0.6 is 0 Å². The van der Waals surface area contributed by atoms with Gasteiger partial charge in [-0.1, -0.05) is 0 Å². The zero-order valence-corrected chi connectivity index (χ0v) is 22.6. The largest absolute Gasteiger partial charge is 0.480 e. The first-order valence-electron chi connectivity index (χ1n) is 13.7. The van der Waals surface area contributed by atoms with Crippen LogP contribution < -0.4 is 10.1 Å². The number of fused-ring (bicyclic) bond motifs is 1. The van der Waals surface area contributed by atoms with E-state index in [4.69, 9.17) is 9.47 Å². The smallest absolute Gasteiger partial charge is 0.423 e. The van der Waals surface area contributed by atoms with Gasteiger partial charge in [0.1, 0.15) is 23.7 Å². The second-order valence-electron chi connectivity index (χ2n) is 10.7. The average Bonchev–Trinajstić information content (AvgIpc) is 3.39. The molecule has 2 aromatic carbocycles. The number of anilines is 1. The van der Waals surface area contributed by atoms with Crippen LogP contribution in [-0.2, 0) is 26.9 Å². The fraction of sp³-hybridized carbons (Fsp3) is 0.500. The number of carbonyl (C=O) groups is 2. The van der Waals surface area contributed by atoms with E-state index in [2.05, 4.69) is 5.32 Å². The molecule has 10 nitrogen and oxygen atoms in total. The number of benzene rings is 2. The van der Waals surface area contributed by atoms with Crippen molar-refractivity contribution in [2.45, 2.75) is 56.5 Å². The van der Waals surface area contributed by atoms with Gasteiger partial charge in [-0.05, 0) is 56.0 Å². The number of nitrogens with one attached hydrogen (secondary N) is 1. The molecule has 2 fully saturated rings. The summed E-state index contributed by atoms with van der Waals surface area (Å²) in [5, 5.41) is 14.0. The summed E-state index contributed by atoms with van der Waals surface area (Å²) in [7, 11) is 0. The summed E-state index contributed by atoms with van der Waals surface area (Å²) in [4.78, 5) is 38.8. The SMILES string of the molecule is O=C(CO[C@H]1CC[C@H](Nc2ccc([N+](=O)[O-])c(C(F)(F)F)c2)CC1)N1CCN(C(=O)C2Cc3cc(F)ccc3O2)CC1. The first-order valence-corrected chi connectivity index (χ1v) is 13.7. The van der Waals surface area contributed by atoms with Crippen LogP contribution in [0.5, 0.6) is 5.75 Å². The van der Waals surface area contributed by atoms with Crippen LogP contribution in [-0.4, -0.2) is 77.6 Å². The Labute approximate surface area is 238 Å². The first-order chi connectivity index (χ1) is 20.0. The first kappa shape index (κ1) is 29.5. The second-order valence-corrected chi connectivity index (χ2v) is 10.7. The minimum absolute atomic E-state index is 0.111. The molecule has 0 bridgehead atoms. The van der Waals surface area contributed by atoms with E-state index >= 15 is 0 Å². The van der Waals surface area contributed by atoms with Gasteiger partial charge in [0, 0.05) is 56.0 Å². The monoisotopic (exact) mass is 594 g/mol. The number of piperazine rings is 1. The summed E-state index contributed by atoms with van der Waals surface area (Å²) in [6.45, 7) is 1.30. The Balaban J connectivity index is 1.02. The lowest BCUT2D eigenvalue weighted by Gasteiger charge is -2.36. The molecule has 3 aliphatic rings. The maximum absolute atomic E-state index is 13.5. The zero-order chi connectivity index (χ0) is 30.0. The molecule has 1 unspecified atom stereocenters. The molecule has 2 aliphatic heterocycles. The van der Waals surface area contributed by atoms with E-state index in [0.29, 0.717) is 69.6 Å². The highest BCUT2D eigenvalue weighted by Gasteiger charge is 2.39. The highest BCUT2D eigenvalue weighted by atomic mass is 19.4. The van der Waals surface area contributed by atoms with Gasteiger partial charge in [0.25, 0.3) is 11.6 Å². The summed E-state index contributed by atoms with van der Waals surface area (Å²) in [5.41, 5.74) is -1.48. The number of ether oxygens (including phenoxy) is 2. The van der Waals surface area contributed by atoms with E-state index in [-0.39, 0.29) is 42.1 Å². The predicted octanol–water partition coefficient (Wildman–Crippen LogP) is 4.17. The van der Waals surface area contributed by atoms with Crippen molar-refractivity contribution in [1.82, 2.24) is 9.80 Å². The van der Waals surface area contributed by atoms with Crippen molar-refractivity contribution in [1.29, 1.82) is 0 Å². The van der Waals surface area contributed by atoms with Crippen molar-refractivity contribution in [2.75, 3.05) is 38.1 Å². The normalized spacial score (nSPS) is 22.3. The van der Waals surface area contributed by atoms with Gasteiger partial charge in [-0.25, -0.2) is 4.39 Å². The molecule has 1 N–H and O–H groups in total. The lowest BCUT2D eigenvalue weighted by atomic mass is 9.92. The number of nitro benzene ring substituents is 1. The third-order valence-corrected chi connectivity index (χ3v) is 7.90. The molecule has 2 aromatic rings. The van der Waals surface area contributed by atoms with Crippen LogP contribution in [0.2, 0.25) is 0 Å². The van der Waals surface area contributed by atoms with E-state index in [0.717, 1.165) is 12.1 Å². The summed E-state index contributed by atoms with van der Waals surface area (Å²) in [5.74, 6) is -0.251. The summed E-state index contributed by atoms with van der Waals surface area (Å²) >= 11 is 0. The van der Waals surface area contributed by atoms with E-state index < -0.39 is 28.5 Å². The fourth-order valence-corrected chi connectivity index (χ4v) is 5.64. The number of halogens is 4. The van der Waals surface area contributed by atoms with Gasteiger partial charge in [-0.3, -0.25) is 19.7 Å². The van der Waals surface area contributed by atoms with Gasteiger partial charge in [0.15, 0.2) is 6.10 Å². The number of hydrogen-bond donors (Lipinski definition) is 1. The number of alkyl halides is 3.